The summed E-state index contributed by atoms with van der Waals surface area (Å²) in [7, 11) is 1.69. The van der Waals surface area contributed by atoms with Crippen molar-refractivity contribution >= 4 is 47.2 Å². The third-order valence-electron chi connectivity index (χ3n) is 3.00. The first-order valence-electron chi connectivity index (χ1n) is 6.75. The molecule has 1 fully saturated rings. The van der Waals surface area contributed by atoms with Crippen LogP contribution in [0.2, 0.25) is 0 Å². The van der Waals surface area contributed by atoms with Crippen LogP contribution >= 0.6 is 35.3 Å². The van der Waals surface area contributed by atoms with E-state index in [0.717, 1.165) is 23.5 Å². The van der Waals surface area contributed by atoms with Crippen molar-refractivity contribution in [2.45, 2.75) is 39.3 Å². The Kier molecular flexibility index (Phi) is 7.36. The fraction of sp³-hybridized carbons (Fsp3) is 0.615. The number of guanidine groups is 1. The molecular weight excluding hydrogens is 401 g/mol. The number of aromatic nitrogens is 1. The molecule has 1 aliphatic carbocycles. The number of aryl methyl sites for hydroxylation is 2. The van der Waals surface area contributed by atoms with Crippen molar-refractivity contribution < 1.29 is 4.79 Å². The largest absolute Gasteiger partial charge is 0.352 e. The summed E-state index contributed by atoms with van der Waals surface area (Å²) in [5.74, 6) is 0.640. The van der Waals surface area contributed by atoms with Crippen molar-refractivity contribution in [3.05, 3.63) is 15.6 Å². The smallest absolute Gasteiger partial charge is 0.239 e. The SMILES string of the molecule is CN=C(NCC(=O)NC1CC1)NCc1sc(C)nc1C.I. The van der Waals surface area contributed by atoms with E-state index in [1.807, 2.05) is 13.8 Å². The van der Waals surface area contributed by atoms with Crippen LogP contribution < -0.4 is 16.0 Å². The zero-order chi connectivity index (χ0) is 14.5. The number of nitrogens with zero attached hydrogens (tertiary/aromatic N) is 2. The fourth-order valence-electron chi connectivity index (χ4n) is 1.79. The molecule has 6 nitrogen and oxygen atoms in total. The van der Waals surface area contributed by atoms with E-state index in [-0.39, 0.29) is 36.4 Å². The highest BCUT2D eigenvalue weighted by Gasteiger charge is 2.22. The lowest BCUT2D eigenvalue weighted by Gasteiger charge is -2.11. The summed E-state index contributed by atoms with van der Waals surface area (Å²) in [4.78, 5) is 21.3. The first-order valence-corrected chi connectivity index (χ1v) is 7.57. The van der Waals surface area contributed by atoms with Gasteiger partial charge in [0.2, 0.25) is 5.91 Å². The van der Waals surface area contributed by atoms with Crippen LogP contribution in [0.3, 0.4) is 0 Å². The molecule has 1 aliphatic rings. The van der Waals surface area contributed by atoms with Crippen molar-refractivity contribution in [1.82, 2.24) is 20.9 Å². The molecule has 1 aromatic rings. The Hall–Kier alpha value is -0.900. The predicted octanol–water partition coefficient (Wildman–Crippen LogP) is 1.32. The van der Waals surface area contributed by atoms with Gasteiger partial charge < -0.3 is 16.0 Å². The molecule has 0 aromatic carbocycles. The molecule has 1 heterocycles. The Morgan fingerprint density at radius 2 is 2.10 bits per heavy atom. The molecule has 1 amide bonds. The van der Waals surface area contributed by atoms with Crippen LogP contribution in [0.1, 0.15) is 28.4 Å². The number of carbonyl (C=O) groups is 1. The van der Waals surface area contributed by atoms with E-state index in [4.69, 9.17) is 0 Å². The number of nitrogens with one attached hydrogen (secondary N) is 3. The molecule has 0 unspecified atom stereocenters. The molecule has 1 saturated carbocycles. The highest BCUT2D eigenvalue weighted by atomic mass is 127. The molecular formula is C13H22IN5OS. The summed E-state index contributed by atoms with van der Waals surface area (Å²) in [6.45, 7) is 4.91. The van der Waals surface area contributed by atoms with Gasteiger partial charge in [-0.25, -0.2) is 4.98 Å². The monoisotopic (exact) mass is 423 g/mol. The lowest BCUT2D eigenvalue weighted by atomic mass is 10.4. The summed E-state index contributed by atoms with van der Waals surface area (Å²) in [6, 6.07) is 0.391. The lowest BCUT2D eigenvalue weighted by Crippen LogP contribution is -2.43. The first-order chi connectivity index (χ1) is 9.58. The molecule has 1 aromatic heterocycles. The van der Waals surface area contributed by atoms with Crippen molar-refractivity contribution in [3.63, 3.8) is 0 Å². The Morgan fingerprint density at radius 3 is 2.62 bits per heavy atom. The minimum Gasteiger partial charge on any atom is -0.352 e. The molecule has 2 rings (SSSR count). The molecule has 0 bridgehead atoms. The van der Waals surface area contributed by atoms with Crippen LogP contribution in [0.25, 0.3) is 0 Å². The number of thiazole rings is 1. The van der Waals surface area contributed by atoms with Gasteiger partial charge in [-0.1, -0.05) is 0 Å². The molecule has 0 radical (unpaired) electrons. The number of halogens is 1. The van der Waals surface area contributed by atoms with Crippen molar-refractivity contribution in [1.29, 1.82) is 0 Å². The molecule has 8 heteroatoms. The normalized spacial score (nSPS) is 14.3. The minimum atomic E-state index is 0. The lowest BCUT2D eigenvalue weighted by molar-refractivity contribution is -0.120. The fourth-order valence-corrected chi connectivity index (χ4v) is 2.67. The molecule has 3 N–H and O–H groups in total. The van der Waals surface area contributed by atoms with E-state index in [9.17, 15) is 4.79 Å². The highest BCUT2D eigenvalue weighted by molar-refractivity contribution is 14.0. The Labute approximate surface area is 146 Å². The predicted molar refractivity (Wildman–Crippen MR) is 96.4 cm³/mol. The van der Waals surface area contributed by atoms with Crippen LogP contribution in [0, 0.1) is 13.8 Å². The number of aliphatic imine (C=N–C) groups is 1. The zero-order valence-electron chi connectivity index (χ0n) is 12.5. The molecule has 0 atom stereocenters. The summed E-state index contributed by atoms with van der Waals surface area (Å²) in [5.41, 5.74) is 1.04. The molecule has 0 spiro atoms. The summed E-state index contributed by atoms with van der Waals surface area (Å²) in [6.07, 6.45) is 2.20. The molecule has 21 heavy (non-hydrogen) atoms. The van der Waals surface area contributed by atoms with Gasteiger partial charge in [0, 0.05) is 18.0 Å². The highest BCUT2D eigenvalue weighted by Crippen LogP contribution is 2.18. The van der Waals surface area contributed by atoms with Crippen LogP contribution in [0.15, 0.2) is 4.99 Å². The second-order valence-electron chi connectivity index (χ2n) is 4.86. The third kappa shape index (κ3) is 6.16. The van der Waals surface area contributed by atoms with E-state index in [2.05, 4.69) is 25.9 Å². The van der Waals surface area contributed by atoms with Crippen molar-refractivity contribution in [2.75, 3.05) is 13.6 Å². The van der Waals surface area contributed by atoms with Gasteiger partial charge in [-0.3, -0.25) is 9.79 Å². The third-order valence-corrected chi connectivity index (χ3v) is 4.07. The minimum absolute atomic E-state index is 0. The number of hydrogen-bond acceptors (Lipinski definition) is 4. The van der Waals surface area contributed by atoms with Crippen molar-refractivity contribution in [2.24, 2.45) is 4.99 Å². The summed E-state index contributed by atoms with van der Waals surface area (Å²) < 4.78 is 0. The van der Waals surface area contributed by atoms with E-state index < -0.39 is 0 Å². The maximum Gasteiger partial charge on any atom is 0.239 e. The quantitative estimate of drug-likeness (QED) is 0.379. The first kappa shape index (κ1) is 18.1. The standard InChI is InChI=1S/C13H21N5OS.HI/c1-8-11(20-9(2)17-8)6-15-13(14-3)16-7-12(19)18-10-4-5-10;/h10H,4-7H2,1-3H3,(H,18,19)(H2,14,15,16);1H. The topological polar surface area (TPSA) is 78.4 Å². The van der Waals surface area contributed by atoms with Gasteiger partial charge in [0.1, 0.15) is 0 Å². The van der Waals surface area contributed by atoms with Gasteiger partial charge in [0.05, 0.1) is 23.8 Å². The Bertz CT molecular complexity index is 513. The Balaban J connectivity index is 0.00000220. The van der Waals surface area contributed by atoms with E-state index in [1.54, 1.807) is 18.4 Å². The average molecular weight is 423 g/mol. The van der Waals surface area contributed by atoms with Crippen LogP contribution in [-0.4, -0.2) is 36.5 Å². The molecule has 118 valence electrons. The Morgan fingerprint density at radius 1 is 1.38 bits per heavy atom. The number of carbonyl (C=O) groups excluding carboxylic acids is 1. The van der Waals surface area contributed by atoms with Gasteiger partial charge in [0.15, 0.2) is 5.96 Å². The second-order valence-corrected chi connectivity index (χ2v) is 6.15. The number of hydrogen-bond donors (Lipinski definition) is 3. The maximum absolute atomic E-state index is 11.6. The van der Waals surface area contributed by atoms with Gasteiger partial charge >= 0.3 is 0 Å². The number of amides is 1. The summed E-state index contributed by atoms with van der Waals surface area (Å²) >= 11 is 1.67. The van der Waals surface area contributed by atoms with E-state index >= 15 is 0 Å². The average Bonchev–Trinajstić information content (AvgIpc) is 3.15. The van der Waals surface area contributed by atoms with E-state index in [1.165, 1.54) is 4.88 Å². The second kappa shape index (κ2) is 8.52. The molecule has 0 aliphatic heterocycles. The van der Waals surface area contributed by atoms with Crippen LogP contribution in [-0.2, 0) is 11.3 Å². The van der Waals surface area contributed by atoms with Crippen LogP contribution in [0.4, 0.5) is 0 Å². The van der Waals surface area contributed by atoms with Gasteiger partial charge in [-0.05, 0) is 26.7 Å². The maximum atomic E-state index is 11.6. The van der Waals surface area contributed by atoms with Crippen molar-refractivity contribution in [3.8, 4) is 0 Å². The molecule has 0 saturated heterocycles. The van der Waals surface area contributed by atoms with Gasteiger partial charge in [0.25, 0.3) is 0 Å². The summed E-state index contributed by atoms with van der Waals surface area (Å²) in [5, 5.41) is 10.2. The van der Waals surface area contributed by atoms with Crippen LogP contribution in [0.5, 0.6) is 0 Å². The van der Waals surface area contributed by atoms with Gasteiger partial charge in [-0.2, -0.15) is 0 Å². The van der Waals surface area contributed by atoms with E-state index in [0.29, 0.717) is 18.5 Å². The zero-order valence-corrected chi connectivity index (χ0v) is 15.7. The number of rotatable bonds is 5. The van der Waals surface area contributed by atoms with Gasteiger partial charge in [-0.15, -0.1) is 35.3 Å².